The van der Waals surface area contributed by atoms with Gasteiger partial charge < -0.3 is 20.7 Å². The van der Waals surface area contributed by atoms with Crippen molar-refractivity contribution in [3.8, 4) is 0 Å². The molecule has 1 aromatic carbocycles. The predicted molar refractivity (Wildman–Crippen MR) is 127 cm³/mol. The van der Waals surface area contributed by atoms with Crippen LogP contribution in [0.15, 0.2) is 30.6 Å². The minimum absolute atomic E-state index is 0.239. The first-order valence-electron chi connectivity index (χ1n) is 11.6. The average molecular weight is 422 g/mol. The minimum atomic E-state index is -0.677. The standard InChI is InChI=1S/C23H29N5O.C2H6/c1-22(2,29)17-5-8-28(13-17)21-10-20(25-14-26-21)27-19-9-15(3-4-16(19)12-24)18-11-23(18)6-7-23;1-2/h3-4,9-10,12,14,17-18,24,29H,5-8,11,13H2,1-2H3,(H,25,26,27);1-2H3. The lowest BCUT2D eigenvalue weighted by Crippen LogP contribution is -2.33. The van der Waals surface area contributed by atoms with Crippen molar-refractivity contribution in [1.82, 2.24) is 9.97 Å². The minimum Gasteiger partial charge on any atom is -0.390 e. The van der Waals surface area contributed by atoms with Gasteiger partial charge in [0.15, 0.2) is 0 Å². The second kappa shape index (κ2) is 8.23. The first-order chi connectivity index (χ1) is 14.9. The van der Waals surface area contributed by atoms with Crippen molar-refractivity contribution in [2.24, 2.45) is 11.3 Å². The van der Waals surface area contributed by atoms with Crippen LogP contribution in [0.5, 0.6) is 0 Å². The van der Waals surface area contributed by atoms with Crippen LogP contribution < -0.4 is 10.2 Å². The molecule has 6 nitrogen and oxygen atoms in total. The number of rotatable bonds is 6. The molecule has 2 saturated carbocycles. The third-order valence-corrected chi connectivity index (χ3v) is 7.14. The van der Waals surface area contributed by atoms with Gasteiger partial charge in [0, 0.05) is 42.5 Å². The number of aromatic nitrogens is 2. The number of nitrogens with zero attached hydrogens (tertiary/aromatic N) is 3. The van der Waals surface area contributed by atoms with Crippen LogP contribution in [0.1, 0.15) is 70.4 Å². The van der Waals surface area contributed by atoms with Gasteiger partial charge in [-0.1, -0.05) is 26.0 Å². The summed E-state index contributed by atoms with van der Waals surface area (Å²) in [6.45, 7) is 9.44. The SMILES string of the molecule is CC.CC(C)(O)C1CCN(c2cc(Nc3cc(C4CC45CC5)ccc3C=N)ncn2)C1. The topological polar surface area (TPSA) is 85.1 Å². The van der Waals surface area contributed by atoms with E-state index in [9.17, 15) is 5.11 Å². The largest absolute Gasteiger partial charge is 0.390 e. The van der Waals surface area contributed by atoms with Crippen LogP contribution in [0, 0.1) is 16.7 Å². The van der Waals surface area contributed by atoms with Gasteiger partial charge in [0.25, 0.3) is 0 Å². The van der Waals surface area contributed by atoms with Crippen LogP contribution in [0.3, 0.4) is 0 Å². The number of benzene rings is 1. The molecule has 2 aromatic rings. The lowest BCUT2D eigenvalue weighted by atomic mass is 9.90. The van der Waals surface area contributed by atoms with Crippen LogP contribution in [0.4, 0.5) is 17.3 Å². The fourth-order valence-electron chi connectivity index (χ4n) is 4.83. The molecule has 2 heterocycles. The zero-order valence-corrected chi connectivity index (χ0v) is 19.2. The fourth-order valence-corrected chi connectivity index (χ4v) is 4.83. The lowest BCUT2D eigenvalue weighted by Gasteiger charge is -2.26. The third-order valence-electron chi connectivity index (χ3n) is 7.14. The summed E-state index contributed by atoms with van der Waals surface area (Å²) in [7, 11) is 0. The van der Waals surface area contributed by atoms with Crippen molar-refractivity contribution in [2.75, 3.05) is 23.3 Å². The smallest absolute Gasteiger partial charge is 0.135 e. The summed E-state index contributed by atoms with van der Waals surface area (Å²) >= 11 is 0. The molecule has 31 heavy (non-hydrogen) atoms. The normalized spacial score (nSPS) is 23.2. The van der Waals surface area contributed by atoms with Crippen LogP contribution in [0.2, 0.25) is 0 Å². The molecule has 1 spiro atoms. The Morgan fingerprint density at radius 1 is 1.23 bits per heavy atom. The summed E-state index contributed by atoms with van der Waals surface area (Å²) in [5.41, 5.74) is 3.10. The first kappa shape index (κ1) is 21.8. The van der Waals surface area contributed by atoms with Gasteiger partial charge in [0.1, 0.15) is 18.0 Å². The molecular weight excluding hydrogens is 386 g/mol. The Morgan fingerprint density at radius 3 is 2.61 bits per heavy atom. The summed E-state index contributed by atoms with van der Waals surface area (Å²) < 4.78 is 0. The first-order valence-corrected chi connectivity index (χ1v) is 11.6. The molecule has 1 saturated heterocycles. The van der Waals surface area contributed by atoms with E-state index in [0.717, 1.165) is 42.4 Å². The van der Waals surface area contributed by atoms with Gasteiger partial charge in [0.2, 0.25) is 0 Å². The summed E-state index contributed by atoms with van der Waals surface area (Å²) in [4.78, 5) is 11.1. The molecule has 3 aliphatic rings. The Labute approximate surface area is 185 Å². The maximum Gasteiger partial charge on any atom is 0.135 e. The molecular formula is C25H35N5O. The van der Waals surface area contributed by atoms with Crippen molar-refractivity contribution in [1.29, 1.82) is 5.41 Å². The summed E-state index contributed by atoms with van der Waals surface area (Å²) in [5, 5.41) is 21.5. The number of hydrogen-bond donors (Lipinski definition) is 3. The molecule has 3 N–H and O–H groups in total. The summed E-state index contributed by atoms with van der Waals surface area (Å²) in [6.07, 6.45) is 7.98. The molecule has 6 heteroatoms. The quantitative estimate of drug-likeness (QED) is 0.565. The Morgan fingerprint density at radius 2 is 2.00 bits per heavy atom. The van der Waals surface area contributed by atoms with E-state index in [0.29, 0.717) is 11.3 Å². The Kier molecular flexibility index (Phi) is 5.77. The lowest BCUT2D eigenvalue weighted by molar-refractivity contribution is 0.0263. The number of nitrogens with one attached hydrogen (secondary N) is 2. The summed E-state index contributed by atoms with van der Waals surface area (Å²) in [6, 6.07) is 8.37. The predicted octanol–water partition coefficient (Wildman–Crippen LogP) is 5.11. The highest BCUT2D eigenvalue weighted by Crippen LogP contribution is 2.75. The molecule has 0 radical (unpaired) electrons. The molecule has 2 atom stereocenters. The number of anilines is 3. The molecule has 166 valence electrons. The molecule has 0 bridgehead atoms. The van der Waals surface area contributed by atoms with E-state index in [1.54, 1.807) is 6.33 Å². The van der Waals surface area contributed by atoms with E-state index in [1.165, 1.54) is 31.0 Å². The average Bonchev–Trinajstić information content (AvgIpc) is 3.64. The Balaban J connectivity index is 0.00000112. The van der Waals surface area contributed by atoms with Crippen molar-refractivity contribution < 1.29 is 5.11 Å². The molecule has 2 aliphatic carbocycles. The molecule has 3 fully saturated rings. The van der Waals surface area contributed by atoms with E-state index in [2.05, 4.69) is 32.3 Å². The molecule has 5 rings (SSSR count). The number of hydrogen-bond acceptors (Lipinski definition) is 6. The monoisotopic (exact) mass is 421 g/mol. The van der Waals surface area contributed by atoms with E-state index in [-0.39, 0.29) is 5.92 Å². The van der Waals surface area contributed by atoms with E-state index in [4.69, 9.17) is 5.41 Å². The Bertz CT molecular complexity index is 947. The second-order valence-corrected chi connectivity index (χ2v) is 9.58. The highest BCUT2D eigenvalue weighted by molar-refractivity contribution is 5.87. The van der Waals surface area contributed by atoms with Crippen LogP contribution in [-0.4, -0.2) is 40.0 Å². The highest BCUT2D eigenvalue weighted by atomic mass is 16.3. The van der Waals surface area contributed by atoms with Gasteiger partial charge in [0.05, 0.1) is 5.60 Å². The zero-order valence-electron chi connectivity index (χ0n) is 19.2. The van der Waals surface area contributed by atoms with Crippen molar-refractivity contribution in [3.05, 3.63) is 41.7 Å². The van der Waals surface area contributed by atoms with E-state index < -0.39 is 5.60 Å². The van der Waals surface area contributed by atoms with Gasteiger partial charge in [-0.25, -0.2) is 9.97 Å². The van der Waals surface area contributed by atoms with Crippen molar-refractivity contribution in [2.45, 2.75) is 64.9 Å². The summed E-state index contributed by atoms with van der Waals surface area (Å²) in [5.74, 6) is 2.54. The highest BCUT2D eigenvalue weighted by Gasteiger charge is 2.62. The fraction of sp³-hybridized carbons (Fsp3) is 0.560. The van der Waals surface area contributed by atoms with Crippen molar-refractivity contribution >= 4 is 23.5 Å². The molecule has 0 amide bonds. The van der Waals surface area contributed by atoms with Crippen LogP contribution >= 0.6 is 0 Å². The molecule has 1 aromatic heterocycles. The Hall–Kier alpha value is -2.47. The molecule has 1 aliphatic heterocycles. The van der Waals surface area contributed by atoms with Gasteiger partial charge in [-0.3, -0.25) is 0 Å². The van der Waals surface area contributed by atoms with Gasteiger partial charge in [-0.05, 0) is 62.5 Å². The maximum absolute atomic E-state index is 10.3. The third kappa shape index (κ3) is 4.45. The van der Waals surface area contributed by atoms with E-state index in [1.807, 2.05) is 39.8 Å². The van der Waals surface area contributed by atoms with Gasteiger partial charge in [-0.15, -0.1) is 0 Å². The molecule has 2 unspecified atom stereocenters. The maximum atomic E-state index is 10.3. The van der Waals surface area contributed by atoms with E-state index >= 15 is 0 Å². The number of aliphatic hydroxyl groups is 1. The second-order valence-electron chi connectivity index (χ2n) is 9.58. The van der Waals surface area contributed by atoms with Gasteiger partial charge >= 0.3 is 0 Å². The van der Waals surface area contributed by atoms with Crippen LogP contribution in [0.25, 0.3) is 0 Å². The van der Waals surface area contributed by atoms with Gasteiger partial charge in [-0.2, -0.15) is 0 Å². The van der Waals surface area contributed by atoms with Crippen molar-refractivity contribution in [3.63, 3.8) is 0 Å². The zero-order chi connectivity index (χ0) is 22.2. The van der Waals surface area contributed by atoms with Crippen LogP contribution in [-0.2, 0) is 0 Å².